The number of hydrogen-bond acceptors (Lipinski definition) is 5. The van der Waals surface area contributed by atoms with Crippen molar-refractivity contribution < 1.29 is 22.7 Å². The molecule has 1 heterocycles. The van der Waals surface area contributed by atoms with Crippen LogP contribution in [0.4, 0.5) is 0 Å². The topological polar surface area (TPSA) is 84.9 Å². The molecule has 1 amide bonds. The number of benzene rings is 1. The Morgan fingerprint density at radius 3 is 2.42 bits per heavy atom. The van der Waals surface area contributed by atoms with E-state index in [1.807, 2.05) is 18.2 Å². The summed E-state index contributed by atoms with van der Waals surface area (Å²) in [5, 5.41) is 3.01. The zero-order valence-corrected chi connectivity index (χ0v) is 16.5. The second-order valence-corrected chi connectivity index (χ2v) is 8.59. The van der Waals surface area contributed by atoms with Gasteiger partial charge in [-0.1, -0.05) is 6.07 Å². The van der Waals surface area contributed by atoms with Crippen LogP contribution in [0.2, 0.25) is 0 Å². The second kappa shape index (κ2) is 9.23. The van der Waals surface area contributed by atoms with Gasteiger partial charge in [-0.2, -0.15) is 0 Å². The molecule has 2 rings (SSSR count). The van der Waals surface area contributed by atoms with Crippen LogP contribution in [-0.4, -0.2) is 57.7 Å². The number of sulfonamides is 1. The molecule has 0 aliphatic carbocycles. The highest BCUT2D eigenvalue weighted by molar-refractivity contribution is 7.89. The number of nitrogens with zero attached hydrogens (tertiary/aromatic N) is 1. The van der Waals surface area contributed by atoms with Crippen molar-refractivity contribution in [3.63, 3.8) is 0 Å². The maximum Gasteiger partial charge on any atom is 0.220 e. The average molecular weight is 384 g/mol. The van der Waals surface area contributed by atoms with Gasteiger partial charge in [-0.05, 0) is 43.9 Å². The van der Waals surface area contributed by atoms with Crippen molar-refractivity contribution in [3.05, 3.63) is 23.8 Å². The number of piperidine rings is 1. The average Bonchev–Trinajstić information content (AvgIpc) is 2.66. The number of carbonyl (C=O) groups is 1. The summed E-state index contributed by atoms with van der Waals surface area (Å²) < 4.78 is 35.7. The van der Waals surface area contributed by atoms with E-state index in [0.717, 1.165) is 5.56 Å². The SMILES string of the molecule is CCS(=O)(=O)N1CCC(NC(=O)CCc2ccc(OC)c(OC)c2)CC1. The van der Waals surface area contributed by atoms with E-state index in [9.17, 15) is 13.2 Å². The summed E-state index contributed by atoms with van der Waals surface area (Å²) in [6, 6.07) is 5.66. The van der Waals surface area contributed by atoms with Gasteiger partial charge in [0, 0.05) is 25.6 Å². The second-order valence-electron chi connectivity index (χ2n) is 6.33. The molecule has 0 bridgehead atoms. The summed E-state index contributed by atoms with van der Waals surface area (Å²) in [6.07, 6.45) is 2.29. The summed E-state index contributed by atoms with van der Waals surface area (Å²) in [4.78, 5) is 12.2. The van der Waals surface area contributed by atoms with E-state index in [1.165, 1.54) is 4.31 Å². The minimum absolute atomic E-state index is 0.0171. The van der Waals surface area contributed by atoms with Crippen LogP contribution in [0.1, 0.15) is 31.7 Å². The molecule has 146 valence electrons. The highest BCUT2D eigenvalue weighted by Crippen LogP contribution is 2.28. The van der Waals surface area contributed by atoms with E-state index >= 15 is 0 Å². The van der Waals surface area contributed by atoms with Crippen LogP contribution in [0.5, 0.6) is 11.5 Å². The van der Waals surface area contributed by atoms with E-state index in [2.05, 4.69) is 5.32 Å². The van der Waals surface area contributed by atoms with Crippen LogP contribution in [0.15, 0.2) is 18.2 Å². The molecular weight excluding hydrogens is 356 g/mol. The molecule has 1 aliphatic rings. The Labute approximate surface area is 155 Å². The Morgan fingerprint density at radius 2 is 1.85 bits per heavy atom. The zero-order valence-electron chi connectivity index (χ0n) is 15.7. The highest BCUT2D eigenvalue weighted by atomic mass is 32.2. The van der Waals surface area contributed by atoms with Crippen LogP contribution in [0, 0.1) is 0 Å². The fourth-order valence-corrected chi connectivity index (χ4v) is 4.19. The van der Waals surface area contributed by atoms with E-state index in [1.54, 1.807) is 21.1 Å². The van der Waals surface area contributed by atoms with Gasteiger partial charge in [-0.3, -0.25) is 4.79 Å². The van der Waals surface area contributed by atoms with Crippen molar-refractivity contribution in [2.45, 2.75) is 38.6 Å². The Morgan fingerprint density at radius 1 is 1.19 bits per heavy atom. The first-order valence-electron chi connectivity index (χ1n) is 8.87. The molecule has 1 aromatic carbocycles. The number of ether oxygens (including phenoxy) is 2. The van der Waals surface area contributed by atoms with Crippen LogP contribution < -0.4 is 14.8 Å². The minimum atomic E-state index is -3.13. The maximum absolute atomic E-state index is 12.2. The van der Waals surface area contributed by atoms with E-state index in [4.69, 9.17) is 9.47 Å². The first kappa shape index (κ1) is 20.5. The predicted octanol–water partition coefficient (Wildman–Crippen LogP) is 1.57. The van der Waals surface area contributed by atoms with Gasteiger partial charge in [0.1, 0.15) is 0 Å². The van der Waals surface area contributed by atoms with Gasteiger partial charge in [0.05, 0.1) is 20.0 Å². The molecule has 0 unspecified atom stereocenters. The van der Waals surface area contributed by atoms with Crippen molar-refractivity contribution in [2.75, 3.05) is 33.1 Å². The Balaban J connectivity index is 1.80. The molecule has 1 aromatic rings. The summed E-state index contributed by atoms with van der Waals surface area (Å²) in [7, 11) is 0.0348. The zero-order chi connectivity index (χ0) is 19.2. The Bertz CT molecular complexity index is 712. The Hall–Kier alpha value is -1.80. The van der Waals surface area contributed by atoms with E-state index < -0.39 is 10.0 Å². The summed E-state index contributed by atoms with van der Waals surface area (Å²) >= 11 is 0. The number of nitrogens with one attached hydrogen (secondary N) is 1. The summed E-state index contributed by atoms with van der Waals surface area (Å²) in [5.74, 6) is 1.41. The fourth-order valence-electron chi connectivity index (χ4n) is 3.05. The lowest BCUT2D eigenvalue weighted by Crippen LogP contribution is -2.46. The molecule has 1 N–H and O–H groups in total. The molecule has 0 saturated carbocycles. The largest absolute Gasteiger partial charge is 0.493 e. The number of methoxy groups -OCH3 is 2. The first-order chi connectivity index (χ1) is 12.4. The third-order valence-corrected chi connectivity index (χ3v) is 6.55. The molecule has 0 spiro atoms. The number of aryl methyl sites for hydroxylation is 1. The third-order valence-electron chi connectivity index (χ3n) is 4.67. The van der Waals surface area contributed by atoms with Gasteiger partial charge < -0.3 is 14.8 Å². The summed E-state index contributed by atoms with van der Waals surface area (Å²) in [6.45, 7) is 2.59. The summed E-state index contributed by atoms with van der Waals surface area (Å²) in [5.41, 5.74) is 1.00. The molecular formula is C18H28N2O5S. The molecule has 26 heavy (non-hydrogen) atoms. The van der Waals surface area contributed by atoms with Crippen LogP contribution in [0.25, 0.3) is 0 Å². The molecule has 1 fully saturated rings. The molecule has 1 aliphatic heterocycles. The minimum Gasteiger partial charge on any atom is -0.493 e. The number of amides is 1. The number of carbonyl (C=O) groups excluding carboxylic acids is 1. The molecule has 1 saturated heterocycles. The van der Waals surface area contributed by atoms with Crippen LogP contribution in [0.3, 0.4) is 0 Å². The van der Waals surface area contributed by atoms with E-state index in [0.29, 0.717) is 50.3 Å². The molecule has 0 aromatic heterocycles. The van der Waals surface area contributed by atoms with Crippen LogP contribution >= 0.6 is 0 Å². The van der Waals surface area contributed by atoms with E-state index in [-0.39, 0.29) is 17.7 Å². The van der Waals surface area contributed by atoms with Gasteiger partial charge in [-0.15, -0.1) is 0 Å². The fraction of sp³-hybridized carbons (Fsp3) is 0.611. The highest BCUT2D eigenvalue weighted by Gasteiger charge is 2.27. The molecule has 8 heteroatoms. The molecule has 0 radical (unpaired) electrons. The Kier molecular flexibility index (Phi) is 7.28. The quantitative estimate of drug-likeness (QED) is 0.735. The van der Waals surface area contributed by atoms with Gasteiger partial charge >= 0.3 is 0 Å². The maximum atomic E-state index is 12.2. The smallest absolute Gasteiger partial charge is 0.220 e. The van der Waals surface area contributed by atoms with Gasteiger partial charge in [0.25, 0.3) is 0 Å². The van der Waals surface area contributed by atoms with Crippen molar-refractivity contribution in [1.29, 1.82) is 0 Å². The number of rotatable bonds is 8. The van der Waals surface area contributed by atoms with Gasteiger partial charge in [0.2, 0.25) is 15.9 Å². The predicted molar refractivity (Wildman–Crippen MR) is 100 cm³/mol. The normalized spacial score (nSPS) is 16.3. The van der Waals surface area contributed by atoms with Crippen molar-refractivity contribution in [3.8, 4) is 11.5 Å². The lowest BCUT2D eigenvalue weighted by molar-refractivity contribution is -0.122. The van der Waals surface area contributed by atoms with Crippen LogP contribution in [-0.2, 0) is 21.2 Å². The monoisotopic (exact) mass is 384 g/mol. The van der Waals surface area contributed by atoms with Crippen molar-refractivity contribution in [2.24, 2.45) is 0 Å². The first-order valence-corrected chi connectivity index (χ1v) is 10.5. The molecule has 0 atom stereocenters. The van der Waals surface area contributed by atoms with Crippen molar-refractivity contribution >= 4 is 15.9 Å². The molecule has 7 nitrogen and oxygen atoms in total. The standard InChI is InChI=1S/C18H28N2O5S/c1-4-26(22,23)20-11-9-15(10-12-20)19-18(21)8-6-14-5-7-16(24-2)17(13-14)25-3/h5,7,13,15H,4,6,8-12H2,1-3H3,(H,19,21). The van der Waals surface area contributed by atoms with Crippen molar-refractivity contribution in [1.82, 2.24) is 9.62 Å². The van der Waals surface area contributed by atoms with Gasteiger partial charge in [0.15, 0.2) is 11.5 Å². The van der Waals surface area contributed by atoms with Gasteiger partial charge in [-0.25, -0.2) is 12.7 Å². The number of hydrogen-bond donors (Lipinski definition) is 1. The lowest BCUT2D eigenvalue weighted by Gasteiger charge is -2.31. The lowest BCUT2D eigenvalue weighted by atomic mass is 10.1. The third kappa shape index (κ3) is 5.35.